The first-order chi connectivity index (χ1) is 42.7. The fourth-order valence-corrected chi connectivity index (χ4v) is 12.4. The molecule has 0 aromatic carbocycles. The van der Waals surface area contributed by atoms with E-state index in [1.54, 1.807) is 78.8 Å². The van der Waals surface area contributed by atoms with Gasteiger partial charge in [0.15, 0.2) is 5.37 Å². The third kappa shape index (κ3) is 22.3. The summed E-state index contributed by atoms with van der Waals surface area (Å²) in [7, 11) is 9.93. The fourth-order valence-electron chi connectivity index (χ4n) is 11.4. The van der Waals surface area contributed by atoms with E-state index in [9.17, 15) is 29.1 Å². The van der Waals surface area contributed by atoms with Crippen LogP contribution in [-0.4, -0.2) is 231 Å². The number of nitrogens with zero attached hydrogens (tertiary/aromatic N) is 8. The lowest BCUT2D eigenvalue weighted by Gasteiger charge is -2.41. The molecule has 1 fully saturated rings. The number of amides is 11. The van der Waals surface area contributed by atoms with Gasteiger partial charge < -0.3 is 60.7 Å². The van der Waals surface area contributed by atoms with Crippen LogP contribution < -0.4 is 21.3 Å². The molecule has 1 saturated heterocycles. The van der Waals surface area contributed by atoms with E-state index in [1.165, 1.54) is 93.9 Å². The minimum atomic E-state index is -1.66. The second kappa shape index (κ2) is 37.3. The van der Waals surface area contributed by atoms with Gasteiger partial charge in [-0.25, -0.2) is 4.98 Å². The third-order valence-electron chi connectivity index (χ3n) is 17.1. The number of rotatable bonds is 17. The molecule has 2 rings (SSSR count). The monoisotopic (exact) mass is 1310 g/mol. The molecule has 1 aliphatic rings. The normalized spacial score (nSPS) is 26.5. The van der Waals surface area contributed by atoms with Crippen LogP contribution in [0.3, 0.4) is 0 Å². The maximum Gasteiger partial charge on any atom is 0.256 e. The molecule has 1 aliphatic heterocycles. The van der Waals surface area contributed by atoms with Gasteiger partial charge in [-0.2, -0.15) is 0 Å². The topological polar surface area (TPSA) is 292 Å². The molecule has 25 heteroatoms. The molecule has 1 aromatic rings. The van der Waals surface area contributed by atoms with E-state index in [4.69, 9.17) is 0 Å². The highest BCUT2D eigenvalue weighted by atomic mass is 32.2. The Labute approximate surface area is 553 Å². The van der Waals surface area contributed by atoms with Crippen LogP contribution in [0.5, 0.6) is 0 Å². The zero-order valence-corrected chi connectivity index (χ0v) is 60.4. The summed E-state index contributed by atoms with van der Waals surface area (Å²) in [5.41, 5.74) is 0. The molecule has 1 aromatic heterocycles. The van der Waals surface area contributed by atoms with Gasteiger partial charge in [0.1, 0.15) is 60.4 Å². The quantitative estimate of drug-likeness (QED) is 0.131. The van der Waals surface area contributed by atoms with E-state index in [0.717, 1.165) is 21.6 Å². The molecule has 11 amide bonds. The zero-order chi connectivity index (χ0) is 70.7. The maximum atomic E-state index is 15.3. The molecule has 0 spiro atoms. The maximum absolute atomic E-state index is 15.3. The van der Waals surface area contributed by atoms with E-state index >= 15 is 28.8 Å². The molecule has 2 heterocycles. The predicted molar refractivity (Wildman–Crippen MR) is 357 cm³/mol. The Hall–Kier alpha value is -6.63. The first kappa shape index (κ1) is 81.5. The van der Waals surface area contributed by atoms with Gasteiger partial charge in [0.2, 0.25) is 59.1 Å². The highest BCUT2D eigenvalue weighted by Crippen LogP contribution is 2.29. The van der Waals surface area contributed by atoms with Crippen molar-refractivity contribution in [2.24, 2.45) is 41.4 Å². The number of allylic oxidation sites excluding steroid dienone is 2. The van der Waals surface area contributed by atoms with E-state index in [-0.39, 0.29) is 62.2 Å². The molecule has 0 saturated carbocycles. The molecule has 24 nitrogen and oxygen atoms in total. The van der Waals surface area contributed by atoms with Crippen LogP contribution >= 0.6 is 11.8 Å². The van der Waals surface area contributed by atoms with Crippen molar-refractivity contribution in [3.63, 3.8) is 0 Å². The van der Waals surface area contributed by atoms with Crippen LogP contribution in [0.25, 0.3) is 0 Å². The van der Waals surface area contributed by atoms with Crippen LogP contribution in [0.15, 0.2) is 41.6 Å². The molecule has 520 valence electrons. The number of nitrogens with one attached hydrogen (secondary N) is 4. The van der Waals surface area contributed by atoms with Gasteiger partial charge in [0.05, 0.1) is 11.1 Å². The van der Waals surface area contributed by atoms with Crippen LogP contribution in [0, 0.1) is 41.4 Å². The summed E-state index contributed by atoms with van der Waals surface area (Å²) in [6.45, 7) is 29.9. The number of aliphatic hydroxyl groups excluding tert-OH is 1. The highest BCUT2D eigenvalue weighted by Gasteiger charge is 2.46. The largest absolute Gasteiger partial charge is 0.390 e. The standard InChI is InChI=1S/C67H114N12O12S/c1-25-27-30-43(15)55(80)54-59(84)71-46(26-2)61(86)79(24)67(92-51-31-28-29-32-68-51)66(91)74(19)48(34-38(5)6)58(83)72-52(41(11)12)64(89)73(18)47(33-37(3)4)57(82)69-44(16)56(81)70-45(17)60(85)75(20)49(35-39(7)8)62(87)76(21)50(36-40(9)10)63(88)77(22)53(42(13)14)65(90)78(54)23/h25,27-29,31-32,37-50,52-55,67,80H,26,30,33-36H2,1-24H3,(H,69,82)(H,70,81)(H,71,84)(H,72,83)/b27-25+/t43-,44+,45-,46+,47+,48+,49+,50+,52+,53+,54+,55-,67?/m1/s1. The summed E-state index contributed by atoms with van der Waals surface area (Å²) >= 11 is 0.925. The van der Waals surface area contributed by atoms with Gasteiger partial charge in [0.25, 0.3) is 5.91 Å². The van der Waals surface area contributed by atoms with E-state index < -0.39 is 155 Å². The zero-order valence-electron chi connectivity index (χ0n) is 59.6. The average molecular weight is 1310 g/mol. The van der Waals surface area contributed by atoms with Crippen LogP contribution in [0.2, 0.25) is 0 Å². The fraction of sp³-hybridized carbons (Fsp3) is 0.731. The number of carbonyl (C=O) groups is 11. The molecule has 1 unspecified atom stereocenters. The Kier molecular flexibility index (Phi) is 33.0. The van der Waals surface area contributed by atoms with Crippen molar-refractivity contribution in [3.8, 4) is 0 Å². The Bertz CT molecular complexity index is 2690. The van der Waals surface area contributed by atoms with Crippen LogP contribution in [0.1, 0.15) is 156 Å². The SMILES string of the molecule is C/C=C/C[C@@H](C)[C@@H](O)[C@H]1C(=O)N[C@@H](CC)C(=O)N(C)C(Sc2ccccn2)C(=O)N(C)[C@@H](CC(C)C)C(=O)N[C@@H](C(C)C)C(=O)N(C)[C@@H](CC(C)C)C(=O)N[C@@H](C)C(=O)N[C@H](C)C(=O)N(C)[C@@H](CC(C)C)C(=O)N(C)[C@@H](CC(C)C)C(=O)N(C)[C@@H](C(C)C)C(=O)N1C. The van der Waals surface area contributed by atoms with Gasteiger partial charge in [0, 0.05) is 55.5 Å². The van der Waals surface area contributed by atoms with Crippen molar-refractivity contribution in [1.82, 2.24) is 60.6 Å². The van der Waals surface area contributed by atoms with Gasteiger partial charge in [-0.1, -0.05) is 127 Å². The minimum Gasteiger partial charge on any atom is -0.390 e. The van der Waals surface area contributed by atoms with Gasteiger partial charge in [-0.15, -0.1) is 0 Å². The van der Waals surface area contributed by atoms with Crippen molar-refractivity contribution >= 4 is 76.7 Å². The van der Waals surface area contributed by atoms with Crippen molar-refractivity contribution in [2.45, 2.75) is 233 Å². The minimum absolute atomic E-state index is 0.0317. The third-order valence-corrected chi connectivity index (χ3v) is 18.3. The molecule has 0 bridgehead atoms. The highest BCUT2D eigenvalue weighted by molar-refractivity contribution is 8.00. The Balaban J connectivity index is 3.12. The number of thioether (sulfide) groups is 1. The van der Waals surface area contributed by atoms with E-state index in [0.29, 0.717) is 5.03 Å². The van der Waals surface area contributed by atoms with Crippen molar-refractivity contribution < 1.29 is 57.8 Å². The number of pyridine rings is 1. The molecule has 5 N–H and O–H groups in total. The average Bonchev–Trinajstić information content (AvgIpc) is 0.814. The summed E-state index contributed by atoms with van der Waals surface area (Å²) in [5, 5.41) is 22.3. The lowest BCUT2D eigenvalue weighted by Crippen LogP contribution is -2.64. The lowest BCUT2D eigenvalue weighted by atomic mass is 9.91. The number of hydrogen-bond acceptors (Lipinski definition) is 14. The summed E-state index contributed by atoms with van der Waals surface area (Å²) in [6.07, 6.45) is 4.35. The number of likely N-dealkylation sites (N-methyl/N-ethyl adjacent to an activating group) is 7. The van der Waals surface area contributed by atoms with Crippen LogP contribution in [-0.2, 0) is 52.7 Å². The summed E-state index contributed by atoms with van der Waals surface area (Å²) in [4.78, 5) is 177. The first-order valence-electron chi connectivity index (χ1n) is 32.6. The van der Waals surface area contributed by atoms with Crippen LogP contribution in [0.4, 0.5) is 0 Å². The first-order valence-corrected chi connectivity index (χ1v) is 33.5. The molecule has 13 atom stereocenters. The number of aromatic nitrogens is 1. The van der Waals surface area contributed by atoms with Gasteiger partial charge in [-0.3, -0.25) is 52.7 Å². The van der Waals surface area contributed by atoms with Crippen molar-refractivity contribution in [1.29, 1.82) is 0 Å². The number of carbonyl (C=O) groups excluding carboxylic acids is 11. The number of hydrogen-bond donors (Lipinski definition) is 5. The molecule has 92 heavy (non-hydrogen) atoms. The lowest BCUT2D eigenvalue weighted by molar-refractivity contribution is -0.157. The van der Waals surface area contributed by atoms with E-state index in [2.05, 4.69) is 26.3 Å². The summed E-state index contributed by atoms with van der Waals surface area (Å²) in [6, 6.07) is -7.71. The van der Waals surface area contributed by atoms with E-state index in [1.807, 2.05) is 55.4 Å². The second-order valence-electron chi connectivity index (χ2n) is 27.4. The summed E-state index contributed by atoms with van der Waals surface area (Å²) < 4.78 is 0. The van der Waals surface area contributed by atoms with Crippen molar-refractivity contribution in [2.75, 3.05) is 49.3 Å². The predicted octanol–water partition coefficient (Wildman–Crippen LogP) is 4.78. The summed E-state index contributed by atoms with van der Waals surface area (Å²) in [5.74, 6) is -10.2. The molecule has 0 radical (unpaired) electrons. The Morgan fingerprint density at radius 1 is 0.489 bits per heavy atom. The number of aliphatic hydroxyl groups is 1. The molecule has 0 aliphatic carbocycles. The second-order valence-corrected chi connectivity index (χ2v) is 28.5. The molecular formula is C67H114N12O12S. The van der Waals surface area contributed by atoms with Crippen molar-refractivity contribution in [3.05, 3.63) is 36.5 Å². The van der Waals surface area contributed by atoms with Gasteiger partial charge >= 0.3 is 0 Å². The smallest absolute Gasteiger partial charge is 0.256 e. The Morgan fingerprint density at radius 2 is 0.935 bits per heavy atom. The van der Waals surface area contributed by atoms with Gasteiger partial charge in [-0.05, 0) is 113 Å². The Morgan fingerprint density at radius 3 is 1.39 bits per heavy atom. The molecular weight excluding hydrogens is 1200 g/mol.